The molecule has 0 N–H and O–H groups in total. The average Bonchev–Trinajstić information content (AvgIpc) is 3.14. The minimum Gasteiger partial charge on any atom is -0.291 e. The Bertz CT molecular complexity index is 1050. The predicted molar refractivity (Wildman–Crippen MR) is 113 cm³/mol. The molecule has 1 heterocycles. The van der Waals surface area contributed by atoms with E-state index in [0.29, 0.717) is 5.84 Å². The van der Waals surface area contributed by atoms with Crippen LogP contribution in [0.4, 0.5) is 11.4 Å². The fraction of sp³-hybridized carbons (Fsp3) is 0.0833. The molecule has 0 aliphatic carbocycles. The smallest absolute Gasteiger partial charge is 0.199 e. The van der Waals surface area contributed by atoms with E-state index in [9.17, 15) is 4.79 Å². The molecule has 3 aromatic rings. The lowest BCUT2D eigenvalue weighted by atomic mass is 10.2. The molecule has 3 aromatic carbocycles. The Balaban J connectivity index is 1.83. The maximum atomic E-state index is 12.4. The number of hydrogen-bond donors (Lipinski definition) is 0. The summed E-state index contributed by atoms with van der Waals surface area (Å²) in [6.07, 6.45) is -0.427. The molecule has 0 radical (unpaired) electrons. The minimum atomic E-state index is -0.427. The monoisotopic (exact) mass is 365 g/mol. The van der Waals surface area contributed by atoms with Crippen LogP contribution in [-0.4, -0.2) is 17.8 Å². The Morgan fingerprint density at radius 3 is 1.93 bits per heavy atom. The highest BCUT2D eigenvalue weighted by Crippen LogP contribution is 2.29. The van der Waals surface area contributed by atoms with E-state index in [4.69, 9.17) is 0 Å². The molecule has 1 unspecified atom stereocenters. The van der Waals surface area contributed by atoms with E-state index in [2.05, 4.69) is 16.9 Å². The van der Waals surface area contributed by atoms with Crippen molar-refractivity contribution in [2.75, 3.05) is 9.91 Å². The number of rotatable bonds is 3. The molecule has 0 aromatic heterocycles. The van der Waals surface area contributed by atoms with Crippen LogP contribution >= 0.6 is 0 Å². The second kappa shape index (κ2) is 7.81. The lowest BCUT2D eigenvalue weighted by Gasteiger charge is -2.27. The van der Waals surface area contributed by atoms with Crippen LogP contribution in [0.3, 0.4) is 0 Å². The largest absolute Gasteiger partial charge is 0.291 e. The van der Waals surface area contributed by atoms with Gasteiger partial charge in [-0.15, -0.1) is 5.10 Å². The van der Waals surface area contributed by atoms with Crippen molar-refractivity contribution in [2.24, 2.45) is 5.10 Å². The summed E-state index contributed by atoms with van der Waals surface area (Å²) < 4.78 is 0. The van der Waals surface area contributed by atoms with Gasteiger partial charge in [0.1, 0.15) is 0 Å². The van der Waals surface area contributed by atoms with Crippen LogP contribution in [0.15, 0.2) is 96.1 Å². The number of amidine groups is 1. The van der Waals surface area contributed by atoms with Gasteiger partial charge in [0.2, 0.25) is 0 Å². The molecule has 0 fully saturated rings. The molecule has 0 saturated carbocycles. The zero-order chi connectivity index (χ0) is 19.3. The summed E-state index contributed by atoms with van der Waals surface area (Å²) in [6, 6.07) is 29.4. The summed E-state index contributed by atoms with van der Waals surface area (Å²) in [4.78, 5) is 14.3. The zero-order valence-corrected chi connectivity index (χ0v) is 15.5. The molecular formula is C24H19N3O. The first-order chi connectivity index (χ1) is 13.7. The van der Waals surface area contributed by atoms with Gasteiger partial charge in [-0.25, -0.2) is 5.01 Å². The number of carbonyl (C=O) groups excluding carboxylic acids is 1. The molecule has 136 valence electrons. The van der Waals surface area contributed by atoms with Crippen LogP contribution in [0.25, 0.3) is 0 Å². The quantitative estimate of drug-likeness (QED) is 0.650. The van der Waals surface area contributed by atoms with Crippen molar-refractivity contribution in [1.29, 1.82) is 0 Å². The van der Waals surface area contributed by atoms with E-state index in [1.165, 1.54) is 6.92 Å². The normalized spacial score (nSPS) is 15.6. The summed E-state index contributed by atoms with van der Waals surface area (Å²) in [6.45, 7) is 1.53. The van der Waals surface area contributed by atoms with Gasteiger partial charge in [0, 0.05) is 18.2 Å². The van der Waals surface area contributed by atoms with Crippen molar-refractivity contribution in [2.45, 2.75) is 13.1 Å². The van der Waals surface area contributed by atoms with Crippen molar-refractivity contribution in [3.8, 4) is 11.8 Å². The van der Waals surface area contributed by atoms with Gasteiger partial charge in [0.15, 0.2) is 17.8 Å². The van der Waals surface area contributed by atoms with Gasteiger partial charge < -0.3 is 0 Å². The van der Waals surface area contributed by atoms with E-state index in [0.717, 1.165) is 16.9 Å². The molecule has 0 amide bonds. The molecule has 1 aliphatic rings. The molecule has 0 spiro atoms. The van der Waals surface area contributed by atoms with E-state index in [1.54, 1.807) is 5.01 Å². The number of hydrazone groups is 1. The Kier molecular flexibility index (Phi) is 4.90. The van der Waals surface area contributed by atoms with Crippen LogP contribution in [0.2, 0.25) is 0 Å². The van der Waals surface area contributed by atoms with Crippen molar-refractivity contribution in [1.82, 2.24) is 0 Å². The number of para-hydroxylation sites is 2. The van der Waals surface area contributed by atoms with E-state index >= 15 is 0 Å². The van der Waals surface area contributed by atoms with E-state index in [1.807, 2.05) is 95.9 Å². The van der Waals surface area contributed by atoms with Gasteiger partial charge >= 0.3 is 0 Å². The third-order valence-corrected chi connectivity index (χ3v) is 4.40. The Morgan fingerprint density at radius 2 is 1.36 bits per heavy atom. The number of Topliss-reactive ketones (excluding diaryl/α,β-unsaturated/α-hetero) is 1. The number of ketones is 1. The van der Waals surface area contributed by atoms with Crippen LogP contribution in [0, 0.1) is 11.8 Å². The van der Waals surface area contributed by atoms with Crippen LogP contribution in [0.1, 0.15) is 12.5 Å². The lowest BCUT2D eigenvalue weighted by molar-refractivity contribution is -0.111. The van der Waals surface area contributed by atoms with Crippen LogP contribution < -0.4 is 9.91 Å². The van der Waals surface area contributed by atoms with E-state index < -0.39 is 6.17 Å². The third kappa shape index (κ3) is 3.51. The molecule has 0 bridgehead atoms. The topological polar surface area (TPSA) is 35.9 Å². The van der Waals surface area contributed by atoms with Gasteiger partial charge in [-0.2, -0.15) is 0 Å². The molecule has 28 heavy (non-hydrogen) atoms. The standard InChI is InChI=1S/C24H19N3O/c1-19(28)24-25-27(22-15-9-4-10-16-22)23(18-17-20-11-5-2-6-12-20)26(24)21-13-7-3-8-14-21/h2-16,23H,1H3. The molecule has 4 rings (SSSR count). The first kappa shape index (κ1) is 17.6. The van der Waals surface area contributed by atoms with Gasteiger partial charge in [-0.1, -0.05) is 60.5 Å². The highest BCUT2D eigenvalue weighted by molar-refractivity contribution is 6.44. The summed E-state index contributed by atoms with van der Waals surface area (Å²) >= 11 is 0. The molecule has 1 atom stereocenters. The molecule has 4 heteroatoms. The number of hydrogen-bond acceptors (Lipinski definition) is 4. The fourth-order valence-corrected chi connectivity index (χ4v) is 3.10. The summed E-state index contributed by atoms with van der Waals surface area (Å²) in [7, 11) is 0. The number of nitrogens with zero attached hydrogens (tertiary/aromatic N) is 3. The number of carbonyl (C=O) groups is 1. The maximum Gasteiger partial charge on any atom is 0.199 e. The third-order valence-electron chi connectivity index (χ3n) is 4.40. The first-order valence-corrected chi connectivity index (χ1v) is 9.09. The highest BCUT2D eigenvalue weighted by Gasteiger charge is 2.37. The SMILES string of the molecule is CC(=O)C1=NN(c2ccccc2)C(C#Cc2ccccc2)N1c1ccccc1. The van der Waals surface area contributed by atoms with Gasteiger partial charge in [-0.05, 0) is 42.3 Å². The second-order valence-electron chi connectivity index (χ2n) is 6.37. The van der Waals surface area contributed by atoms with Crippen molar-refractivity contribution < 1.29 is 4.79 Å². The Morgan fingerprint density at radius 1 is 0.821 bits per heavy atom. The minimum absolute atomic E-state index is 0.103. The highest BCUT2D eigenvalue weighted by atomic mass is 16.1. The number of anilines is 2. The lowest BCUT2D eigenvalue weighted by Crippen LogP contribution is -2.43. The maximum absolute atomic E-state index is 12.4. The summed E-state index contributed by atoms with van der Waals surface area (Å²) in [5.41, 5.74) is 2.68. The predicted octanol–water partition coefficient (Wildman–Crippen LogP) is 4.29. The van der Waals surface area contributed by atoms with Crippen molar-refractivity contribution >= 4 is 23.0 Å². The molecule has 1 aliphatic heterocycles. The fourth-order valence-electron chi connectivity index (χ4n) is 3.10. The zero-order valence-electron chi connectivity index (χ0n) is 15.5. The molecular weight excluding hydrogens is 346 g/mol. The van der Waals surface area contributed by atoms with Crippen molar-refractivity contribution in [3.05, 3.63) is 96.6 Å². The van der Waals surface area contributed by atoms with Crippen LogP contribution in [-0.2, 0) is 4.79 Å². The van der Waals surface area contributed by atoms with Gasteiger partial charge in [0.25, 0.3) is 0 Å². The number of benzene rings is 3. The van der Waals surface area contributed by atoms with Gasteiger partial charge in [0.05, 0.1) is 5.69 Å². The second-order valence-corrected chi connectivity index (χ2v) is 6.37. The summed E-state index contributed by atoms with van der Waals surface area (Å²) in [5, 5.41) is 6.44. The summed E-state index contributed by atoms with van der Waals surface area (Å²) in [5.74, 6) is 6.82. The Hall–Kier alpha value is -3.84. The Labute approximate surface area is 164 Å². The van der Waals surface area contributed by atoms with E-state index in [-0.39, 0.29) is 5.78 Å². The average molecular weight is 365 g/mol. The van der Waals surface area contributed by atoms with Crippen molar-refractivity contribution in [3.63, 3.8) is 0 Å². The molecule has 4 nitrogen and oxygen atoms in total. The molecule has 0 saturated heterocycles. The first-order valence-electron chi connectivity index (χ1n) is 9.09. The van der Waals surface area contributed by atoms with Crippen LogP contribution in [0.5, 0.6) is 0 Å². The van der Waals surface area contributed by atoms with Gasteiger partial charge in [-0.3, -0.25) is 9.69 Å².